The molecule has 0 radical (unpaired) electrons. The van der Waals surface area contributed by atoms with Crippen molar-refractivity contribution in [3.05, 3.63) is 62.7 Å². The van der Waals surface area contributed by atoms with E-state index in [1.807, 2.05) is 12.1 Å². The number of methoxy groups -OCH3 is 1. The first-order valence-electron chi connectivity index (χ1n) is 8.78. The van der Waals surface area contributed by atoms with Gasteiger partial charge in [-0.3, -0.25) is 15.1 Å². The summed E-state index contributed by atoms with van der Waals surface area (Å²) in [4.78, 5) is 17.1. The van der Waals surface area contributed by atoms with E-state index in [0.29, 0.717) is 11.4 Å². The Labute approximate surface area is 169 Å². The number of aliphatic imine (C=N–C) groups is 1. The molecule has 0 aliphatic carbocycles. The van der Waals surface area contributed by atoms with Crippen LogP contribution in [0, 0.1) is 10.1 Å². The van der Waals surface area contributed by atoms with Crippen molar-refractivity contribution in [3.8, 4) is 5.75 Å². The fourth-order valence-electron chi connectivity index (χ4n) is 3.34. The molecular formula is C21H22ClN3O3. The first kappa shape index (κ1) is 19.9. The predicted molar refractivity (Wildman–Crippen MR) is 114 cm³/mol. The predicted octanol–water partition coefficient (Wildman–Crippen LogP) is 5.64. The Morgan fingerprint density at radius 2 is 2.00 bits per heavy atom. The van der Waals surface area contributed by atoms with E-state index in [-0.39, 0.29) is 16.2 Å². The number of benzene rings is 2. The van der Waals surface area contributed by atoms with Crippen LogP contribution in [-0.2, 0) is 0 Å². The minimum atomic E-state index is -0.521. The Balaban J connectivity index is 2.04. The zero-order valence-corrected chi connectivity index (χ0v) is 17.2. The summed E-state index contributed by atoms with van der Waals surface area (Å²) in [5.74, 6) is 0.684. The van der Waals surface area contributed by atoms with Crippen molar-refractivity contribution in [1.29, 1.82) is 0 Å². The van der Waals surface area contributed by atoms with E-state index in [1.165, 1.54) is 17.7 Å². The lowest BCUT2D eigenvalue weighted by atomic mass is 9.88. The number of hydrogen-bond acceptors (Lipinski definition) is 5. The summed E-state index contributed by atoms with van der Waals surface area (Å²) in [5.41, 5.74) is 4.34. The number of nitro groups is 1. The second-order valence-electron chi connectivity index (χ2n) is 7.30. The van der Waals surface area contributed by atoms with Crippen LogP contribution in [0.5, 0.6) is 5.75 Å². The zero-order valence-electron chi connectivity index (χ0n) is 16.5. The van der Waals surface area contributed by atoms with Crippen molar-refractivity contribution in [2.24, 2.45) is 4.99 Å². The Kier molecular flexibility index (Phi) is 5.17. The summed E-state index contributed by atoms with van der Waals surface area (Å²) in [6.45, 7) is 6.41. The minimum Gasteiger partial charge on any atom is -0.496 e. The zero-order chi connectivity index (χ0) is 20.6. The molecule has 0 N–H and O–H groups in total. The topological polar surface area (TPSA) is 68.0 Å². The van der Waals surface area contributed by atoms with Crippen LogP contribution in [0.1, 0.15) is 31.9 Å². The standard InChI is InChI=1S/C21H22ClN3O3/c1-13-11-21(2,3)24(4)18-10-20(28-5)14(8-16(13)18)12-23-15-6-7-17(22)19(9-15)25(26)27/h6-12H,1-5H3. The van der Waals surface area contributed by atoms with Crippen molar-refractivity contribution in [2.75, 3.05) is 19.1 Å². The molecule has 1 aliphatic heterocycles. The van der Waals surface area contributed by atoms with Gasteiger partial charge in [0.05, 0.1) is 23.3 Å². The fraction of sp³-hybridized carbons (Fsp3) is 0.286. The second-order valence-corrected chi connectivity index (χ2v) is 7.71. The summed E-state index contributed by atoms with van der Waals surface area (Å²) in [6, 6.07) is 8.49. The molecule has 2 aromatic rings. The van der Waals surface area contributed by atoms with Gasteiger partial charge in [-0.15, -0.1) is 0 Å². The molecule has 0 unspecified atom stereocenters. The fourth-order valence-corrected chi connectivity index (χ4v) is 3.52. The normalized spacial score (nSPS) is 15.4. The van der Waals surface area contributed by atoms with E-state index in [2.05, 4.69) is 43.8 Å². The average molecular weight is 400 g/mol. The summed E-state index contributed by atoms with van der Waals surface area (Å²) < 4.78 is 5.57. The van der Waals surface area contributed by atoms with Gasteiger partial charge in [-0.1, -0.05) is 17.7 Å². The van der Waals surface area contributed by atoms with Crippen LogP contribution in [0.4, 0.5) is 17.1 Å². The molecule has 1 heterocycles. The summed E-state index contributed by atoms with van der Waals surface area (Å²) >= 11 is 5.86. The highest BCUT2D eigenvalue weighted by Crippen LogP contribution is 2.41. The van der Waals surface area contributed by atoms with E-state index in [1.54, 1.807) is 19.4 Å². The van der Waals surface area contributed by atoms with E-state index in [0.717, 1.165) is 16.8 Å². The number of rotatable bonds is 4. The number of nitrogens with zero attached hydrogens (tertiary/aromatic N) is 3. The first-order chi connectivity index (χ1) is 13.1. The van der Waals surface area contributed by atoms with Gasteiger partial charge < -0.3 is 9.64 Å². The maximum Gasteiger partial charge on any atom is 0.290 e. The second kappa shape index (κ2) is 7.28. The molecular weight excluding hydrogens is 378 g/mol. The van der Waals surface area contributed by atoms with Crippen molar-refractivity contribution in [3.63, 3.8) is 0 Å². The lowest BCUT2D eigenvalue weighted by Gasteiger charge is -2.40. The monoisotopic (exact) mass is 399 g/mol. The minimum absolute atomic E-state index is 0.0849. The number of anilines is 1. The van der Waals surface area contributed by atoms with Crippen LogP contribution in [-0.4, -0.2) is 30.8 Å². The van der Waals surface area contributed by atoms with Crippen LogP contribution in [0.15, 0.2) is 41.4 Å². The van der Waals surface area contributed by atoms with Crippen LogP contribution in [0.25, 0.3) is 5.57 Å². The van der Waals surface area contributed by atoms with Crippen molar-refractivity contribution in [2.45, 2.75) is 26.3 Å². The molecule has 2 aromatic carbocycles. The van der Waals surface area contributed by atoms with Gasteiger partial charge in [0.1, 0.15) is 10.8 Å². The number of nitro benzene ring substituents is 1. The highest BCUT2D eigenvalue weighted by molar-refractivity contribution is 6.32. The highest BCUT2D eigenvalue weighted by Gasteiger charge is 2.29. The third-order valence-corrected chi connectivity index (χ3v) is 5.37. The molecule has 0 atom stereocenters. The molecule has 3 rings (SSSR count). The number of likely N-dealkylation sites (N-methyl/N-ethyl adjacent to an activating group) is 1. The molecule has 1 aliphatic rings. The van der Waals surface area contributed by atoms with Gasteiger partial charge in [0, 0.05) is 42.2 Å². The quantitative estimate of drug-likeness (QED) is 0.379. The molecule has 0 fully saturated rings. The van der Waals surface area contributed by atoms with Crippen molar-refractivity contribution in [1.82, 2.24) is 0 Å². The lowest BCUT2D eigenvalue weighted by Crippen LogP contribution is -2.42. The largest absolute Gasteiger partial charge is 0.496 e. The molecule has 28 heavy (non-hydrogen) atoms. The maximum absolute atomic E-state index is 11.1. The van der Waals surface area contributed by atoms with Gasteiger partial charge in [0.15, 0.2) is 0 Å². The molecule has 7 heteroatoms. The summed E-state index contributed by atoms with van der Waals surface area (Å²) in [5, 5.41) is 11.2. The van der Waals surface area contributed by atoms with E-state index < -0.39 is 4.92 Å². The van der Waals surface area contributed by atoms with E-state index in [9.17, 15) is 10.1 Å². The lowest BCUT2D eigenvalue weighted by molar-refractivity contribution is -0.384. The molecule has 0 bridgehead atoms. The van der Waals surface area contributed by atoms with Crippen LogP contribution >= 0.6 is 11.6 Å². The number of allylic oxidation sites excluding steroid dienone is 1. The van der Waals surface area contributed by atoms with E-state index >= 15 is 0 Å². The Morgan fingerprint density at radius 1 is 1.29 bits per heavy atom. The van der Waals surface area contributed by atoms with Crippen molar-refractivity contribution >= 4 is 40.5 Å². The smallest absolute Gasteiger partial charge is 0.290 e. The van der Waals surface area contributed by atoms with Crippen LogP contribution < -0.4 is 9.64 Å². The van der Waals surface area contributed by atoms with Crippen LogP contribution in [0.3, 0.4) is 0 Å². The third-order valence-electron chi connectivity index (χ3n) is 5.05. The molecule has 0 amide bonds. The Hall–Kier alpha value is -2.86. The van der Waals surface area contributed by atoms with Gasteiger partial charge >= 0.3 is 0 Å². The van der Waals surface area contributed by atoms with Gasteiger partial charge in [-0.05, 0) is 44.5 Å². The van der Waals surface area contributed by atoms with Gasteiger partial charge in [0.25, 0.3) is 5.69 Å². The molecule has 146 valence electrons. The van der Waals surface area contributed by atoms with Gasteiger partial charge in [-0.2, -0.15) is 0 Å². The average Bonchev–Trinajstić information content (AvgIpc) is 2.64. The SMILES string of the molecule is COc1cc2c(cc1C=Nc1ccc(Cl)c([N+](=O)[O-])c1)C(C)=CC(C)(C)N2C. The Bertz CT molecular complexity index is 1010. The molecule has 0 saturated heterocycles. The van der Waals surface area contributed by atoms with E-state index in [4.69, 9.17) is 16.3 Å². The number of halogens is 1. The van der Waals surface area contributed by atoms with Gasteiger partial charge in [-0.25, -0.2) is 0 Å². The first-order valence-corrected chi connectivity index (χ1v) is 9.15. The molecule has 0 saturated carbocycles. The molecule has 0 aromatic heterocycles. The maximum atomic E-state index is 11.1. The molecule has 0 spiro atoms. The number of ether oxygens (including phenoxy) is 1. The number of fused-ring (bicyclic) bond motifs is 1. The highest BCUT2D eigenvalue weighted by atomic mass is 35.5. The van der Waals surface area contributed by atoms with Crippen LogP contribution in [0.2, 0.25) is 5.02 Å². The third kappa shape index (κ3) is 3.60. The van der Waals surface area contributed by atoms with Crippen molar-refractivity contribution < 1.29 is 9.66 Å². The number of hydrogen-bond donors (Lipinski definition) is 0. The Morgan fingerprint density at radius 3 is 2.64 bits per heavy atom. The summed E-state index contributed by atoms with van der Waals surface area (Å²) in [6.07, 6.45) is 3.88. The summed E-state index contributed by atoms with van der Waals surface area (Å²) in [7, 11) is 3.67. The van der Waals surface area contributed by atoms with Gasteiger partial charge in [0.2, 0.25) is 0 Å². The molecule has 6 nitrogen and oxygen atoms in total.